The summed E-state index contributed by atoms with van der Waals surface area (Å²) in [5, 5.41) is 0. The van der Waals surface area contributed by atoms with E-state index in [1.165, 1.54) is 18.3 Å². The third kappa shape index (κ3) is 1.70. The summed E-state index contributed by atoms with van der Waals surface area (Å²) >= 11 is 0. The number of hydrogen-bond donors (Lipinski definition) is 0. The van der Waals surface area contributed by atoms with E-state index >= 15 is 0 Å². The quantitative estimate of drug-likeness (QED) is 0.702. The summed E-state index contributed by atoms with van der Waals surface area (Å²) < 4.78 is 39.8. The number of nitrogens with zero attached hydrogens (tertiary/aromatic N) is 1. The van der Waals surface area contributed by atoms with Crippen LogP contribution in [0.5, 0.6) is 0 Å². The van der Waals surface area contributed by atoms with E-state index in [1.54, 1.807) is 0 Å². The number of rotatable bonds is 1. The second kappa shape index (κ2) is 3.73. The molecule has 76 valence electrons. The Morgan fingerprint density at radius 1 is 0.800 bits per heavy atom. The molecule has 0 saturated heterocycles. The van der Waals surface area contributed by atoms with Gasteiger partial charge in [-0.05, 0) is 24.3 Å². The van der Waals surface area contributed by atoms with Gasteiger partial charge in [-0.2, -0.15) is 0 Å². The van der Waals surface area contributed by atoms with Crippen molar-refractivity contribution < 1.29 is 13.2 Å². The molecule has 0 aliphatic rings. The van der Waals surface area contributed by atoms with Crippen molar-refractivity contribution in [2.24, 2.45) is 0 Å². The van der Waals surface area contributed by atoms with Gasteiger partial charge in [-0.15, -0.1) is 0 Å². The molecule has 1 heterocycles. The van der Waals surface area contributed by atoms with Crippen molar-refractivity contribution in [1.82, 2.24) is 4.98 Å². The van der Waals surface area contributed by atoms with Gasteiger partial charge in [-0.1, -0.05) is 6.07 Å². The van der Waals surface area contributed by atoms with Gasteiger partial charge in [0.1, 0.15) is 23.1 Å². The molecular formula is C11H6F3N. The molecule has 1 aromatic heterocycles. The minimum absolute atomic E-state index is 0.312. The topological polar surface area (TPSA) is 12.9 Å². The van der Waals surface area contributed by atoms with Crippen molar-refractivity contribution in [3.05, 3.63) is 54.0 Å². The van der Waals surface area contributed by atoms with Gasteiger partial charge in [-0.3, -0.25) is 4.98 Å². The van der Waals surface area contributed by atoms with Crippen molar-refractivity contribution in [2.75, 3.05) is 0 Å². The first-order valence-electron chi connectivity index (χ1n) is 4.25. The van der Waals surface area contributed by atoms with E-state index in [2.05, 4.69) is 4.98 Å². The van der Waals surface area contributed by atoms with Gasteiger partial charge < -0.3 is 0 Å². The van der Waals surface area contributed by atoms with Gasteiger partial charge in [-0.25, -0.2) is 13.2 Å². The van der Waals surface area contributed by atoms with E-state index in [-0.39, 0.29) is 5.69 Å². The summed E-state index contributed by atoms with van der Waals surface area (Å²) in [6, 6.07) is 5.81. The van der Waals surface area contributed by atoms with Gasteiger partial charge in [0.25, 0.3) is 0 Å². The average molecular weight is 209 g/mol. The van der Waals surface area contributed by atoms with Crippen LogP contribution in [-0.2, 0) is 0 Å². The fourth-order valence-electron chi connectivity index (χ4n) is 1.29. The van der Waals surface area contributed by atoms with E-state index < -0.39 is 23.0 Å². The number of aromatic nitrogens is 1. The Bertz CT molecular complexity index is 477. The zero-order valence-corrected chi connectivity index (χ0v) is 7.55. The first-order valence-corrected chi connectivity index (χ1v) is 4.25. The molecule has 0 radical (unpaired) electrons. The zero-order valence-electron chi connectivity index (χ0n) is 7.55. The first kappa shape index (κ1) is 9.71. The Labute approximate surface area is 84.2 Å². The number of benzene rings is 1. The molecule has 0 unspecified atom stereocenters. The van der Waals surface area contributed by atoms with Crippen LogP contribution >= 0.6 is 0 Å². The van der Waals surface area contributed by atoms with Crippen molar-refractivity contribution in [3.63, 3.8) is 0 Å². The Hall–Kier alpha value is -1.84. The Morgan fingerprint density at radius 3 is 2.00 bits per heavy atom. The lowest BCUT2D eigenvalue weighted by atomic mass is 10.1. The number of halogens is 3. The molecule has 0 atom stereocenters. The monoisotopic (exact) mass is 209 g/mol. The van der Waals surface area contributed by atoms with Crippen LogP contribution in [0.3, 0.4) is 0 Å². The molecule has 0 amide bonds. The molecular weight excluding hydrogens is 203 g/mol. The summed E-state index contributed by atoms with van der Waals surface area (Å²) in [5.41, 5.74) is -0.747. The van der Waals surface area contributed by atoms with Gasteiger partial charge >= 0.3 is 0 Å². The lowest BCUT2D eigenvalue weighted by Crippen LogP contribution is -1.95. The predicted molar refractivity (Wildman–Crippen MR) is 49.5 cm³/mol. The van der Waals surface area contributed by atoms with Crippen molar-refractivity contribution >= 4 is 0 Å². The SMILES string of the molecule is Fc1cccnc1-c1c(F)cccc1F. The maximum absolute atomic E-state index is 13.3. The van der Waals surface area contributed by atoms with Crippen LogP contribution in [0.2, 0.25) is 0 Å². The highest BCUT2D eigenvalue weighted by molar-refractivity contribution is 5.61. The molecule has 15 heavy (non-hydrogen) atoms. The maximum Gasteiger partial charge on any atom is 0.149 e. The lowest BCUT2D eigenvalue weighted by molar-refractivity contribution is 0.579. The third-order valence-corrected chi connectivity index (χ3v) is 1.96. The van der Waals surface area contributed by atoms with Crippen LogP contribution in [0.4, 0.5) is 13.2 Å². The maximum atomic E-state index is 13.3. The fraction of sp³-hybridized carbons (Fsp3) is 0. The summed E-state index contributed by atoms with van der Waals surface area (Å²) in [4.78, 5) is 3.62. The molecule has 0 N–H and O–H groups in total. The smallest absolute Gasteiger partial charge is 0.149 e. The second-order valence-electron chi connectivity index (χ2n) is 2.93. The normalized spacial score (nSPS) is 10.3. The molecule has 0 aliphatic heterocycles. The van der Waals surface area contributed by atoms with Gasteiger partial charge in [0.2, 0.25) is 0 Å². The lowest BCUT2D eigenvalue weighted by Gasteiger charge is -2.04. The largest absolute Gasteiger partial charge is 0.253 e. The summed E-state index contributed by atoms with van der Waals surface area (Å²) in [6.45, 7) is 0. The Kier molecular flexibility index (Phi) is 2.41. The molecule has 2 rings (SSSR count). The number of pyridine rings is 1. The highest BCUT2D eigenvalue weighted by atomic mass is 19.1. The predicted octanol–water partition coefficient (Wildman–Crippen LogP) is 3.17. The van der Waals surface area contributed by atoms with Crippen molar-refractivity contribution in [3.8, 4) is 11.3 Å². The molecule has 2 aromatic rings. The minimum Gasteiger partial charge on any atom is -0.253 e. The molecule has 4 heteroatoms. The van der Waals surface area contributed by atoms with E-state index in [9.17, 15) is 13.2 Å². The van der Waals surface area contributed by atoms with Crippen LogP contribution in [0.15, 0.2) is 36.5 Å². The molecule has 0 spiro atoms. The fourth-order valence-corrected chi connectivity index (χ4v) is 1.29. The third-order valence-electron chi connectivity index (χ3n) is 1.96. The van der Waals surface area contributed by atoms with Gasteiger partial charge in [0.05, 0.1) is 5.56 Å². The molecule has 0 saturated carbocycles. The standard InChI is InChI=1S/C11H6F3N/c12-7-3-1-4-8(13)10(7)11-9(14)5-2-6-15-11/h1-6H. The van der Waals surface area contributed by atoms with E-state index in [0.717, 1.165) is 18.2 Å². The van der Waals surface area contributed by atoms with Crippen LogP contribution in [-0.4, -0.2) is 4.98 Å². The van der Waals surface area contributed by atoms with E-state index in [0.29, 0.717) is 0 Å². The Morgan fingerprint density at radius 2 is 1.40 bits per heavy atom. The molecule has 0 aliphatic carbocycles. The van der Waals surface area contributed by atoms with Gasteiger partial charge in [0.15, 0.2) is 0 Å². The molecule has 1 nitrogen and oxygen atoms in total. The first-order chi connectivity index (χ1) is 7.20. The van der Waals surface area contributed by atoms with Crippen molar-refractivity contribution in [1.29, 1.82) is 0 Å². The average Bonchev–Trinajstić information content (AvgIpc) is 2.20. The second-order valence-corrected chi connectivity index (χ2v) is 2.93. The summed E-state index contributed by atoms with van der Waals surface area (Å²) in [6.07, 6.45) is 1.28. The summed E-state index contributed by atoms with van der Waals surface area (Å²) in [7, 11) is 0. The van der Waals surface area contributed by atoms with E-state index in [1.807, 2.05) is 0 Å². The highest BCUT2D eigenvalue weighted by Crippen LogP contribution is 2.25. The molecule has 0 fully saturated rings. The molecule has 0 bridgehead atoms. The highest BCUT2D eigenvalue weighted by Gasteiger charge is 2.15. The number of hydrogen-bond acceptors (Lipinski definition) is 1. The summed E-state index contributed by atoms with van der Waals surface area (Å²) in [5.74, 6) is -2.40. The van der Waals surface area contributed by atoms with Crippen LogP contribution in [0, 0.1) is 17.5 Å². The van der Waals surface area contributed by atoms with Crippen LogP contribution < -0.4 is 0 Å². The van der Waals surface area contributed by atoms with Gasteiger partial charge in [0, 0.05) is 6.20 Å². The van der Waals surface area contributed by atoms with Crippen LogP contribution in [0.1, 0.15) is 0 Å². The minimum atomic E-state index is -0.826. The van der Waals surface area contributed by atoms with Crippen LogP contribution in [0.25, 0.3) is 11.3 Å². The zero-order chi connectivity index (χ0) is 10.8. The van der Waals surface area contributed by atoms with Crippen molar-refractivity contribution in [2.45, 2.75) is 0 Å². The van der Waals surface area contributed by atoms with E-state index in [4.69, 9.17) is 0 Å². The Balaban J connectivity index is 2.69. The molecule has 1 aromatic carbocycles.